The summed E-state index contributed by atoms with van der Waals surface area (Å²) in [5, 5.41) is -4.37. The van der Waals surface area contributed by atoms with Gasteiger partial charge in [-0.3, -0.25) is 0 Å². The summed E-state index contributed by atoms with van der Waals surface area (Å²) in [6.07, 6.45) is -5.95. The van der Waals surface area contributed by atoms with E-state index in [9.17, 15) is 30.7 Å². The van der Waals surface area contributed by atoms with Crippen molar-refractivity contribution in [1.29, 1.82) is 0 Å². The molecule has 0 atom stereocenters. The van der Waals surface area contributed by atoms with Crippen LogP contribution in [0.1, 0.15) is 5.56 Å². The highest BCUT2D eigenvalue weighted by Gasteiger charge is 2.43. The predicted octanol–water partition coefficient (Wildman–Crippen LogP) is 9.60. The van der Waals surface area contributed by atoms with Gasteiger partial charge in [-0.2, -0.15) is 13.2 Å². The largest absolute Gasteiger partial charge is 0.422 e. The molecule has 0 nitrogen and oxygen atoms in total. The van der Waals surface area contributed by atoms with E-state index in [1.807, 2.05) is 0 Å². The average Bonchev–Trinajstić information content (AvgIpc) is 2.89. The van der Waals surface area contributed by atoms with Crippen LogP contribution in [0, 0.1) is 52.4 Å². The van der Waals surface area contributed by atoms with Crippen molar-refractivity contribution in [3.05, 3.63) is 106 Å². The van der Waals surface area contributed by atoms with Crippen LogP contribution in [0.15, 0.2) is 48.5 Å². The Morgan fingerprint density at radius 2 is 0.923 bits per heavy atom. The first-order chi connectivity index (χ1) is 18.3. The topological polar surface area (TPSA) is 0 Å². The van der Waals surface area contributed by atoms with Gasteiger partial charge in [0.2, 0.25) is 0 Å². The van der Waals surface area contributed by atoms with Gasteiger partial charge in [-0.1, -0.05) is 42.5 Å². The second-order valence-electron chi connectivity index (χ2n) is 8.29. The van der Waals surface area contributed by atoms with Crippen molar-refractivity contribution in [2.75, 3.05) is 0 Å². The van der Waals surface area contributed by atoms with E-state index in [0.717, 1.165) is 12.1 Å². The third-order valence-corrected chi connectivity index (χ3v) is 6.16. The second kappa shape index (κ2) is 8.92. The molecule has 0 radical (unpaired) electrons. The Bertz CT molecular complexity index is 1790. The minimum atomic E-state index is -5.95. The number of benzene rings is 5. The number of rotatable bonds is 2. The molecule has 0 N–H and O–H groups in total. The standard InChI is InChI=1S/C27H8F12/c28-11-8-4-7-10-12(9-5-2-1-3-6-9)15-16(20(30)26(36)25(35)19(15)29)14(13(10)11)17-21(31)23(33)18(27(37,38)39)24(34)22(17)32/h1-8H. The van der Waals surface area contributed by atoms with Crippen LogP contribution in [0.25, 0.3) is 43.8 Å². The Morgan fingerprint density at radius 3 is 1.44 bits per heavy atom. The molecule has 5 rings (SSSR count). The zero-order valence-electron chi connectivity index (χ0n) is 18.7. The molecule has 0 heterocycles. The molecule has 5 aromatic rings. The third-order valence-electron chi connectivity index (χ3n) is 6.16. The Hall–Kier alpha value is -4.22. The van der Waals surface area contributed by atoms with Crippen molar-refractivity contribution in [3.8, 4) is 22.3 Å². The van der Waals surface area contributed by atoms with Gasteiger partial charge < -0.3 is 0 Å². The van der Waals surface area contributed by atoms with Crippen LogP contribution in [0.2, 0.25) is 0 Å². The zero-order chi connectivity index (χ0) is 28.5. The van der Waals surface area contributed by atoms with E-state index in [4.69, 9.17) is 0 Å². The molecule has 0 aliphatic heterocycles. The maximum absolute atomic E-state index is 15.4. The molecule has 5 aromatic carbocycles. The highest BCUT2D eigenvalue weighted by molar-refractivity contribution is 6.22. The van der Waals surface area contributed by atoms with E-state index in [2.05, 4.69) is 0 Å². The lowest BCUT2D eigenvalue weighted by Crippen LogP contribution is -2.16. The van der Waals surface area contributed by atoms with Crippen LogP contribution in [-0.4, -0.2) is 0 Å². The van der Waals surface area contributed by atoms with Crippen LogP contribution in [0.4, 0.5) is 52.7 Å². The van der Waals surface area contributed by atoms with Crippen molar-refractivity contribution >= 4 is 21.5 Å². The summed E-state index contributed by atoms with van der Waals surface area (Å²) in [5.74, 6) is -22.3. The minimum Gasteiger partial charge on any atom is -0.206 e. The third kappa shape index (κ3) is 3.72. The van der Waals surface area contributed by atoms with Gasteiger partial charge in [0.1, 0.15) is 11.4 Å². The fraction of sp³-hybridized carbons (Fsp3) is 0.0370. The number of fused-ring (bicyclic) bond motifs is 2. The molecule has 0 spiro atoms. The number of hydrogen-bond donors (Lipinski definition) is 0. The van der Waals surface area contributed by atoms with Crippen LogP contribution in [0.5, 0.6) is 0 Å². The SMILES string of the molecule is Fc1c(F)c(C(F)(F)F)c(F)c(F)c1-c1c2c(F)cccc2c(-c2ccccc2)c2c(F)c(F)c(F)c(F)c12. The lowest BCUT2D eigenvalue weighted by atomic mass is 9.84. The van der Waals surface area contributed by atoms with Crippen LogP contribution in [0.3, 0.4) is 0 Å². The maximum atomic E-state index is 15.4. The van der Waals surface area contributed by atoms with Crippen molar-refractivity contribution in [1.82, 2.24) is 0 Å². The molecule has 0 unspecified atom stereocenters. The minimum absolute atomic E-state index is 0.0558. The van der Waals surface area contributed by atoms with E-state index in [0.29, 0.717) is 6.07 Å². The first kappa shape index (κ1) is 26.4. The summed E-state index contributed by atoms with van der Waals surface area (Å²) in [6.45, 7) is 0. The first-order valence-electron chi connectivity index (χ1n) is 10.7. The quantitative estimate of drug-likeness (QED) is 0.0873. The molecule has 39 heavy (non-hydrogen) atoms. The molecule has 0 fully saturated rings. The van der Waals surface area contributed by atoms with Gasteiger partial charge >= 0.3 is 6.18 Å². The van der Waals surface area contributed by atoms with Gasteiger partial charge in [-0.25, -0.2) is 39.5 Å². The maximum Gasteiger partial charge on any atom is 0.422 e. The van der Waals surface area contributed by atoms with E-state index >= 15 is 22.0 Å². The van der Waals surface area contributed by atoms with Crippen molar-refractivity contribution < 1.29 is 52.7 Å². The van der Waals surface area contributed by atoms with Gasteiger partial charge in [0.15, 0.2) is 46.5 Å². The highest BCUT2D eigenvalue weighted by Crippen LogP contribution is 2.50. The average molecular weight is 560 g/mol. The van der Waals surface area contributed by atoms with E-state index in [-0.39, 0.29) is 5.56 Å². The monoisotopic (exact) mass is 560 g/mol. The Kier molecular flexibility index (Phi) is 6.04. The van der Waals surface area contributed by atoms with Crippen LogP contribution >= 0.6 is 0 Å². The summed E-state index contributed by atoms with van der Waals surface area (Å²) in [4.78, 5) is 0. The predicted molar refractivity (Wildman–Crippen MR) is 117 cm³/mol. The fourth-order valence-electron chi connectivity index (χ4n) is 4.60. The lowest BCUT2D eigenvalue weighted by Gasteiger charge is -2.21. The summed E-state index contributed by atoms with van der Waals surface area (Å²) in [7, 11) is 0. The molecular formula is C27H8F12. The van der Waals surface area contributed by atoms with Gasteiger partial charge in [-0.15, -0.1) is 0 Å². The molecule has 0 aromatic heterocycles. The molecule has 0 saturated heterocycles. The Morgan fingerprint density at radius 1 is 0.410 bits per heavy atom. The highest BCUT2D eigenvalue weighted by atomic mass is 19.4. The van der Waals surface area contributed by atoms with Gasteiger partial charge in [0, 0.05) is 27.3 Å². The second-order valence-corrected chi connectivity index (χ2v) is 8.29. The summed E-state index contributed by atoms with van der Waals surface area (Å²) in [5.41, 5.74) is -7.22. The first-order valence-corrected chi connectivity index (χ1v) is 10.7. The van der Waals surface area contributed by atoms with Gasteiger partial charge in [0.05, 0.1) is 5.56 Å². The fourth-order valence-corrected chi connectivity index (χ4v) is 4.60. The summed E-state index contributed by atoms with van der Waals surface area (Å²) in [6, 6.07) is 9.35. The number of alkyl halides is 3. The van der Waals surface area contributed by atoms with Gasteiger partial charge in [-0.05, 0) is 17.0 Å². The van der Waals surface area contributed by atoms with Crippen molar-refractivity contribution in [3.63, 3.8) is 0 Å². The van der Waals surface area contributed by atoms with E-state index in [1.54, 1.807) is 0 Å². The van der Waals surface area contributed by atoms with E-state index < -0.39 is 102 Å². The summed E-state index contributed by atoms with van der Waals surface area (Å²) < 4.78 is 174. The van der Waals surface area contributed by atoms with Gasteiger partial charge in [0.25, 0.3) is 0 Å². The molecule has 0 amide bonds. The molecule has 12 heteroatoms. The Labute approximate surface area is 209 Å². The van der Waals surface area contributed by atoms with E-state index in [1.165, 1.54) is 30.3 Å². The Balaban J connectivity index is 2.17. The van der Waals surface area contributed by atoms with Crippen LogP contribution < -0.4 is 0 Å². The van der Waals surface area contributed by atoms with Crippen molar-refractivity contribution in [2.45, 2.75) is 6.18 Å². The molecule has 0 saturated carbocycles. The van der Waals surface area contributed by atoms with Crippen molar-refractivity contribution in [2.24, 2.45) is 0 Å². The zero-order valence-corrected chi connectivity index (χ0v) is 18.7. The lowest BCUT2D eigenvalue weighted by molar-refractivity contribution is -0.143. The molecule has 0 bridgehead atoms. The summed E-state index contributed by atoms with van der Waals surface area (Å²) >= 11 is 0. The molecular weight excluding hydrogens is 552 g/mol. The number of halogens is 12. The van der Waals surface area contributed by atoms with Crippen LogP contribution in [-0.2, 0) is 6.18 Å². The molecule has 0 aliphatic carbocycles. The molecule has 0 aliphatic rings. The smallest absolute Gasteiger partial charge is 0.206 e. The number of hydrogen-bond acceptors (Lipinski definition) is 0. The normalized spacial score (nSPS) is 12.1. The molecule has 200 valence electrons.